The maximum Gasteiger partial charge on any atom is 0.134 e. The number of furan rings is 1. The Morgan fingerprint density at radius 3 is 2.70 bits per heavy atom. The number of benzene rings is 1. The quantitative estimate of drug-likeness (QED) is 0.626. The van der Waals surface area contributed by atoms with E-state index in [0.717, 1.165) is 21.8 Å². The number of thiophene rings is 1. The SMILES string of the molecule is N#CC(=Cc1ccccc1)c1cc(-c2ccco2)cs1. The average molecular weight is 277 g/mol. The van der Waals surface area contributed by atoms with Gasteiger partial charge in [0.15, 0.2) is 0 Å². The largest absolute Gasteiger partial charge is 0.464 e. The van der Waals surface area contributed by atoms with Gasteiger partial charge in [-0.2, -0.15) is 5.26 Å². The van der Waals surface area contributed by atoms with Crippen LogP contribution in [0.5, 0.6) is 0 Å². The van der Waals surface area contributed by atoms with Crippen LogP contribution in [0.1, 0.15) is 10.4 Å². The lowest BCUT2D eigenvalue weighted by Crippen LogP contribution is -1.76. The minimum Gasteiger partial charge on any atom is -0.464 e. The Morgan fingerprint density at radius 1 is 1.15 bits per heavy atom. The third-order valence-corrected chi connectivity index (χ3v) is 3.87. The Balaban J connectivity index is 1.95. The van der Waals surface area contributed by atoms with Crippen molar-refractivity contribution in [3.8, 4) is 17.4 Å². The number of rotatable bonds is 3. The summed E-state index contributed by atoms with van der Waals surface area (Å²) in [7, 11) is 0. The first-order chi connectivity index (χ1) is 9.86. The van der Waals surface area contributed by atoms with Gasteiger partial charge in [0, 0.05) is 15.8 Å². The maximum atomic E-state index is 9.35. The first-order valence-corrected chi connectivity index (χ1v) is 7.04. The van der Waals surface area contributed by atoms with E-state index >= 15 is 0 Å². The van der Waals surface area contributed by atoms with Gasteiger partial charge in [0.05, 0.1) is 11.8 Å². The van der Waals surface area contributed by atoms with Crippen molar-refractivity contribution >= 4 is 23.0 Å². The zero-order valence-electron chi connectivity index (χ0n) is 10.6. The van der Waals surface area contributed by atoms with Gasteiger partial charge in [-0.15, -0.1) is 11.3 Å². The number of hydrogen-bond acceptors (Lipinski definition) is 3. The van der Waals surface area contributed by atoms with Crippen molar-refractivity contribution in [2.75, 3.05) is 0 Å². The molecule has 0 saturated carbocycles. The molecule has 0 saturated heterocycles. The highest BCUT2D eigenvalue weighted by molar-refractivity contribution is 7.11. The molecule has 3 aromatic rings. The Kier molecular flexibility index (Phi) is 3.49. The van der Waals surface area contributed by atoms with Crippen LogP contribution in [0.4, 0.5) is 0 Å². The van der Waals surface area contributed by atoms with E-state index in [1.165, 1.54) is 0 Å². The molecular weight excluding hydrogens is 266 g/mol. The van der Waals surface area contributed by atoms with E-state index < -0.39 is 0 Å². The predicted molar refractivity (Wildman–Crippen MR) is 81.9 cm³/mol. The first kappa shape index (κ1) is 12.5. The number of hydrogen-bond donors (Lipinski definition) is 0. The molecule has 96 valence electrons. The Hall–Kier alpha value is -2.57. The summed E-state index contributed by atoms with van der Waals surface area (Å²) >= 11 is 1.55. The molecule has 3 rings (SSSR count). The summed E-state index contributed by atoms with van der Waals surface area (Å²) in [6, 6.07) is 17.9. The van der Waals surface area contributed by atoms with Gasteiger partial charge >= 0.3 is 0 Å². The third-order valence-electron chi connectivity index (χ3n) is 2.90. The van der Waals surface area contributed by atoms with Gasteiger partial charge in [-0.25, -0.2) is 0 Å². The van der Waals surface area contributed by atoms with Crippen molar-refractivity contribution < 1.29 is 4.42 Å². The Morgan fingerprint density at radius 2 is 2.00 bits per heavy atom. The van der Waals surface area contributed by atoms with Gasteiger partial charge < -0.3 is 4.42 Å². The van der Waals surface area contributed by atoms with E-state index in [9.17, 15) is 5.26 Å². The zero-order chi connectivity index (χ0) is 13.8. The van der Waals surface area contributed by atoms with Gasteiger partial charge in [0.25, 0.3) is 0 Å². The molecule has 2 nitrogen and oxygen atoms in total. The third kappa shape index (κ3) is 2.56. The molecule has 3 heteroatoms. The van der Waals surface area contributed by atoms with Crippen molar-refractivity contribution in [2.45, 2.75) is 0 Å². The van der Waals surface area contributed by atoms with Gasteiger partial charge in [0.1, 0.15) is 11.8 Å². The summed E-state index contributed by atoms with van der Waals surface area (Å²) in [5.41, 5.74) is 2.69. The lowest BCUT2D eigenvalue weighted by atomic mass is 10.1. The molecule has 0 aliphatic heterocycles. The lowest BCUT2D eigenvalue weighted by molar-refractivity contribution is 0.582. The van der Waals surface area contributed by atoms with Gasteiger partial charge in [-0.1, -0.05) is 30.3 Å². The Labute approximate surface area is 121 Å². The minimum atomic E-state index is 0.666. The Bertz CT molecular complexity index is 761. The molecule has 2 heterocycles. The molecule has 0 amide bonds. The minimum absolute atomic E-state index is 0.666. The number of nitriles is 1. The molecule has 0 aliphatic carbocycles. The van der Waals surface area contributed by atoms with Crippen molar-refractivity contribution in [1.29, 1.82) is 5.26 Å². The van der Waals surface area contributed by atoms with Crippen molar-refractivity contribution in [1.82, 2.24) is 0 Å². The normalized spacial score (nSPS) is 11.2. The average Bonchev–Trinajstić information content (AvgIpc) is 3.16. The van der Waals surface area contributed by atoms with Crippen LogP contribution < -0.4 is 0 Å². The van der Waals surface area contributed by atoms with Crippen molar-refractivity contribution in [3.63, 3.8) is 0 Å². The standard InChI is InChI=1S/C17H11NOS/c18-11-14(9-13-5-2-1-3-6-13)17-10-15(12-20-17)16-7-4-8-19-16/h1-10,12H. The molecule has 0 fully saturated rings. The van der Waals surface area contributed by atoms with E-state index in [4.69, 9.17) is 4.42 Å². The number of nitrogens with zero attached hydrogens (tertiary/aromatic N) is 1. The highest BCUT2D eigenvalue weighted by Crippen LogP contribution is 2.30. The van der Waals surface area contributed by atoms with E-state index in [1.54, 1.807) is 17.6 Å². The summed E-state index contributed by atoms with van der Waals surface area (Å²) in [4.78, 5) is 0.947. The molecule has 20 heavy (non-hydrogen) atoms. The van der Waals surface area contributed by atoms with E-state index in [1.807, 2.05) is 60.0 Å². The van der Waals surface area contributed by atoms with Crippen LogP contribution in [-0.4, -0.2) is 0 Å². The van der Waals surface area contributed by atoms with Crippen LogP contribution in [0.25, 0.3) is 23.0 Å². The molecule has 0 spiro atoms. The van der Waals surface area contributed by atoms with Crippen LogP contribution >= 0.6 is 11.3 Å². The second-order valence-corrected chi connectivity index (χ2v) is 5.17. The molecule has 0 atom stereocenters. The fourth-order valence-corrected chi connectivity index (χ4v) is 2.79. The second kappa shape index (κ2) is 5.60. The highest BCUT2D eigenvalue weighted by Gasteiger charge is 2.08. The molecule has 0 bridgehead atoms. The molecule has 0 radical (unpaired) electrons. The van der Waals surface area contributed by atoms with E-state index in [0.29, 0.717) is 5.57 Å². The second-order valence-electron chi connectivity index (χ2n) is 4.26. The fraction of sp³-hybridized carbons (Fsp3) is 0. The zero-order valence-corrected chi connectivity index (χ0v) is 11.4. The van der Waals surface area contributed by atoms with E-state index in [-0.39, 0.29) is 0 Å². The predicted octanol–water partition coefficient (Wildman–Crippen LogP) is 5.07. The molecule has 0 unspecified atom stereocenters. The number of allylic oxidation sites excluding steroid dienone is 1. The smallest absolute Gasteiger partial charge is 0.134 e. The summed E-state index contributed by atoms with van der Waals surface area (Å²) in [5.74, 6) is 0.824. The maximum absolute atomic E-state index is 9.35. The summed E-state index contributed by atoms with van der Waals surface area (Å²) < 4.78 is 5.37. The molecular formula is C17H11NOS. The van der Waals surface area contributed by atoms with Crippen LogP contribution in [0.2, 0.25) is 0 Å². The van der Waals surface area contributed by atoms with E-state index in [2.05, 4.69) is 6.07 Å². The van der Waals surface area contributed by atoms with Crippen molar-refractivity contribution in [3.05, 3.63) is 70.6 Å². The first-order valence-electron chi connectivity index (χ1n) is 6.16. The summed E-state index contributed by atoms with van der Waals surface area (Å²) in [5, 5.41) is 11.3. The summed E-state index contributed by atoms with van der Waals surface area (Å²) in [6.45, 7) is 0. The monoisotopic (exact) mass is 277 g/mol. The van der Waals surface area contributed by atoms with Crippen LogP contribution in [0, 0.1) is 11.3 Å². The van der Waals surface area contributed by atoms with Crippen molar-refractivity contribution in [2.24, 2.45) is 0 Å². The van der Waals surface area contributed by atoms with Gasteiger partial charge in [-0.3, -0.25) is 0 Å². The lowest BCUT2D eigenvalue weighted by Gasteiger charge is -1.95. The molecule has 0 N–H and O–H groups in total. The fourth-order valence-electron chi connectivity index (χ4n) is 1.92. The molecule has 1 aromatic carbocycles. The van der Waals surface area contributed by atoms with Gasteiger partial charge in [-0.05, 0) is 29.8 Å². The topological polar surface area (TPSA) is 36.9 Å². The molecule has 0 aliphatic rings. The van der Waals surface area contributed by atoms with Gasteiger partial charge in [0.2, 0.25) is 0 Å². The highest BCUT2D eigenvalue weighted by atomic mass is 32.1. The molecule has 2 aromatic heterocycles. The van der Waals surface area contributed by atoms with Crippen LogP contribution in [0.15, 0.2) is 64.6 Å². The van der Waals surface area contributed by atoms with Crippen LogP contribution in [0.3, 0.4) is 0 Å². The van der Waals surface area contributed by atoms with Crippen LogP contribution in [-0.2, 0) is 0 Å². The summed E-state index contributed by atoms with van der Waals surface area (Å²) in [6.07, 6.45) is 3.55.